The van der Waals surface area contributed by atoms with Gasteiger partial charge in [-0.1, -0.05) is 13.0 Å². The first-order chi connectivity index (χ1) is 6.52. The van der Waals surface area contributed by atoms with Gasteiger partial charge in [-0.05, 0) is 26.8 Å². The van der Waals surface area contributed by atoms with Crippen LogP contribution >= 0.6 is 0 Å². The lowest BCUT2D eigenvalue weighted by Crippen LogP contribution is -2.29. The molecule has 0 aromatic heterocycles. The van der Waals surface area contributed by atoms with Crippen LogP contribution in [0.2, 0.25) is 0 Å². The lowest BCUT2D eigenvalue weighted by atomic mass is 10.1. The molecular weight excluding hydrogens is 178 g/mol. The maximum atomic E-state index is 11.5. The number of aliphatic hydroxyl groups is 1. The van der Waals surface area contributed by atoms with Crippen molar-refractivity contribution in [2.24, 2.45) is 5.92 Å². The normalized spacial score (nSPS) is 15.5. The number of likely N-dealkylation sites (N-methyl/N-ethyl adjacent to an activating group) is 1. The summed E-state index contributed by atoms with van der Waals surface area (Å²) in [5.74, 6) is 0.0389. The molecule has 0 bridgehead atoms. The van der Waals surface area contributed by atoms with E-state index in [0.717, 1.165) is 13.1 Å². The quantitative estimate of drug-likeness (QED) is 0.680. The highest BCUT2D eigenvalue weighted by Gasteiger charge is 2.07. The molecule has 0 aliphatic heterocycles. The van der Waals surface area contributed by atoms with Crippen molar-refractivity contribution in [3.05, 3.63) is 12.2 Å². The average Bonchev–Trinajstić information content (AvgIpc) is 2.15. The SMILES string of the molecule is CCN(CC)C(=O)/C=C/[C@@H](C)[C@H](C)O. The van der Waals surface area contributed by atoms with Crippen molar-refractivity contribution in [3.63, 3.8) is 0 Å². The van der Waals surface area contributed by atoms with Gasteiger partial charge in [0.15, 0.2) is 0 Å². The van der Waals surface area contributed by atoms with Gasteiger partial charge in [0, 0.05) is 19.0 Å². The Morgan fingerprint density at radius 2 is 1.86 bits per heavy atom. The van der Waals surface area contributed by atoms with E-state index in [9.17, 15) is 9.90 Å². The van der Waals surface area contributed by atoms with E-state index in [1.807, 2.05) is 20.8 Å². The topological polar surface area (TPSA) is 40.5 Å². The van der Waals surface area contributed by atoms with Gasteiger partial charge < -0.3 is 10.0 Å². The zero-order chi connectivity index (χ0) is 11.1. The van der Waals surface area contributed by atoms with Crippen molar-refractivity contribution in [1.29, 1.82) is 0 Å². The van der Waals surface area contributed by atoms with Crippen molar-refractivity contribution >= 4 is 5.91 Å². The monoisotopic (exact) mass is 199 g/mol. The van der Waals surface area contributed by atoms with Gasteiger partial charge in [0.05, 0.1) is 6.10 Å². The Hall–Kier alpha value is -0.830. The van der Waals surface area contributed by atoms with E-state index in [2.05, 4.69) is 0 Å². The summed E-state index contributed by atoms with van der Waals surface area (Å²) in [5.41, 5.74) is 0. The summed E-state index contributed by atoms with van der Waals surface area (Å²) in [5, 5.41) is 9.21. The van der Waals surface area contributed by atoms with Crippen molar-refractivity contribution in [2.45, 2.75) is 33.8 Å². The van der Waals surface area contributed by atoms with Crippen LogP contribution < -0.4 is 0 Å². The maximum Gasteiger partial charge on any atom is 0.246 e. The molecule has 2 atom stereocenters. The van der Waals surface area contributed by atoms with Crippen LogP contribution in [-0.2, 0) is 4.79 Å². The fourth-order valence-electron chi connectivity index (χ4n) is 1.04. The second-order valence-electron chi connectivity index (χ2n) is 3.47. The summed E-state index contributed by atoms with van der Waals surface area (Å²) in [6.45, 7) is 8.96. The van der Waals surface area contributed by atoms with Crippen molar-refractivity contribution < 1.29 is 9.90 Å². The van der Waals surface area contributed by atoms with Crippen LogP contribution in [0.1, 0.15) is 27.7 Å². The van der Waals surface area contributed by atoms with Crippen LogP contribution in [0.4, 0.5) is 0 Å². The molecule has 0 heterocycles. The van der Waals surface area contributed by atoms with E-state index in [1.54, 1.807) is 24.0 Å². The van der Waals surface area contributed by atoms with Gasteiger partial charge in [-0.25, -0.2) is 0 Å². The van der Waals surface area contributed by atoms with E-state index < -0.39 is 6.10 Å². The first-order valence-corrected chi connectivity index (χ1v) is 5.18. The summed E-state index contributed by atoms with van der Waals surface area (Å²) in [6.07, 6.45) is 2.89. The van der Waals surface area contributed by atoms with Gasteiger partial charge in [-0.2, -0.15) is 0 Å². The van der Waals surface area contributed by atoms with Gasteiger partial charge in [-0.3, -0.25) is 4.79 Å². The number of hydrogen-bond donors (Lipinski definition) is 1. The molecular formula is C11H21NO2. The highest BCUT2D eigenvalue weighted by atomic mass is 16.3. The number of aliphatic hydroxyl groups excluding tert-OH is 1. The third-order valence-corrected chi connectivity index (χ3v) is 2.38. The van der Waals surface area contributed by atoms with E-state index in [1.165, 1.54) is 0 Å². The second-order valence-corrected chi connectivity index (χ2v) is 3.47. The lowest BCUT2D eigenvalue weighted by Gasteiger charge is -2.16. The molecule has 3 nitrogen and oxygen atoms in total. The number of rotatable bonds is 5. The Morgan fingerprint density at radius 1 is 1.36 bits per heavy atom. The molecule has 1 N–H and O–H groups in total. The van der Waals surface area contributed by atoms with Crippen molar-refractivity contribution in [1.82, 2.24) is 4.90 Å². The number of amides is 1. The Labute approximate surface area is 86.4 Å². The smallest absolute Gasteiger partial charge is 0.246 e. The number of carbonyl (C=O) groups excluding carboxylic acids is 1. The zero-order valence-electron chi connectivity index (χ0n) is 9.53. The summed E-state index contributed by atoms with van der Waals surface area (Å²) in [4.78, 5) is 13.2. The molecule has 82 valence electrons. The molecule has 3 heteroatoms. The highest BCUT2D eigenvalue weighted by Crippen LogP contribution is 2.04. The van der Waals surface area contributed by atoms with Crippen LogP contribution in [-0.4, -0.2) is 35.1 Å². The molecule has 0 aromatic carbocycles. The second kappa shape index (κ2) is 6.60. The van der Waals surface area contributed by atoms with Crippen LogP contribution in [0.5, 0.6) is 0 Å². The van der Waals surface area contributed by atoms with Gasteiger partial charge in [0.25, 0.3) is 0 Å². The molecule has 0 aliphatic rings. The maximum absolute atomic E-state index is 11.5. The average molecular weight is 199 g/mol. The van der Waals surface area contributed by atoms with E-state index >= 15 is 0 Å². The summed E-state index contributed by atoms with van der Waals surface area (Å²) < 4.78 is 0. The largest absolute Gasteiger partial charge is 0.393 e. The Bertz CT molecular complexity index is 195. The van der Waals surface area contributed by atoms with Crippen molar-refractivity contribution in [3.8, 4) is 0 Å². The number of hydrogen-bond acceptors (Lipinski definition) is 2. The third-order valence-electron chi connectivity index (χ3n) is 2.38. The summed E-state index contributed by atoms with van der Waals surface area (Å²) in [7, 11) is 0. The molecule has 14 heavy (non-hydrogen) atoms. The standard InChI is InChI=1S/C11H21NO2/c1-5-12(6-2)11(14)8-7-9(3)10(4)13/h7-10,13H,5-6H2,1-4H3/b8-7+/t9-,10+/m1/s1. The Balaban J connectivity index is 4.16. The molecule has 0 aromatic rings. The molecule has 0 rings (SSSR count). The fraction of sp³-hybridized carbons (Fsp3) is 0.727. The Kier molecular flexibility index (Phi) is 6.21. The first-order valence-electron chi connectivity index (χ1n) is 5.18. The minimum absolute atomic E-state index is 0.0162. The van der Waals surface area contributed by atoms with Gasteiger partial charge in [0.1, 0.15) is 0 Å². The third kappa shape index (κ3) is 4.42. The van der Waals surface area contributed by atoms with Gasteiger partial charge >= 0.3 is 0 Å². The molecule has 0 spiro atoms. The van der Waals surface area contributed by atoms with Gasteiger partial charge in [-0.15, -0.1) is 0 Å². The van der Waals surface area contributed by atoms with Gasteiger partial charge in [0.2, 0.25) is 5.91 Å². The predicted octanol–water partition coefficient (Wildman–Crippen LogP) is 1.43. The van der Waals surface area contributed by atoms with Crippen LogP contribution in [0, 0.1) is 5.92 Å². The van der Waals surface area contributed by atoms with E-state index in [-0.39, 0.29) is 11.8 Å². The minimum Gasteiger partial charge on any atom is -0.393 e. The molecule has 0 unspecified atom stereocenters. The zero-order valence-corrected chi connectivity index (χ0v) is 9.53. The minimum atomic E-state index is -0.407. The number of nitrogens with zero attached hydrogens (tertiary/aromatic N) is 1. The van der Waals surface area contributed by atoms with Crippen molar-refractivity contribution in [2.75, 3.05) is 13.1 Å². The van der Waals surface area contributed by atoms with E-state index in [4.69, 9.17) is 0 Å². The molecule has 0 fully saturated rings. The number of carbonyl (C=O) groups is 1. The summed E-state index contributed by atoms with van der Waals surface area (Å²) >= 11 is 0. The highest BCUT2D eigenvalue weighted by molar-refractivity contribution is 5.87. The molecule has 0 saturated carbocycles. The molecule has 0 aliphatic carbocycles. The van der Waals surface area contributed by atoms with Crippen LogP contribution in [0.3, 0.4) is 0 Å². The lowest BCUT2D eigenvalue weighted by molar-refractivity contribution is -0.125. The summed E-state index contributed by atoms with van der Waals surface area (Å²) in [6, 6.07) is 0. The predicted molar refractivity (Wildman–Crippen MR) is 57.9 cm³/mol. The Morgan fingerprint density at radius 3 is 2.21 bits per heavy atom. The fourth-order valence-corrected chi connectivity index (χ4v) is 1.04. The molecule has 1 amide bonds. The van der Waals surface area contributed by atoms with E-state index in [0.29, 0.717) is 0 Å². The van der Waals surface area contributed by atoms with Crippen LogP contribution in [0.25, 0.3) is 0 Å². The van der Waals surface area contributed by atoms with Crippen LogP contribution in [0.15, 0.2) is 12.2 Å². The molecule has 0 radical (unpaired) electrons. The molecule has 0 saturated heterocycles. The first kappa shape index (κ1) is 13.2.